The number of rotatable bonds is 12. The van der Waals surface area contributed by atoms with Crippen molar-refractivity contribution in [2.24, 2.45) is 0 Å². The Hall–Kier alpha value is -2.12. The first-order chi connectivity index (χ1) is 13.5. The molecule has 0 amide bonds. The number of unbranched alkanes of at least 4 members (excludes halogenated alkanes) is 2. The quantitative estimate of drug-likeness (QED) is 0.258. The van der Waals surface area contributed by atoms with E-state index in [1.165, 1.54) is 31.4 Å². The van der Waals surface area contributed by atoms with E-state index < -0.39 is 4.92 Å². The van der Waals surface area contributed by atoms with Crippen LogP contribution in [-0.4, -0.2) is 18.1 Å². The Bertz CT molecular complexity index is 766. The molecule has 2 aromatic rings. The van der Waals surface area contributed by atoms with Crippen molar-refractivity contribution in [1.29, 1.82) is 0 Å². The van der Waals surface area contributed by atoms with Gasteiger partial charge in [-0.05, 0) is 55.3 Å². The van der Waals surface area contributed by atoms with Crippen LogP contribution in [0.15, 0.2) is 40.9 Å². The molecule has 0 bridgehead atoms. The van der Waals surface area contributed by atoms with E-state index >= 15 is 0 Å². The number of nitrogens with zero attached hydrogens (tertiary/aromatic N) is 1. The van der Waals surface area contributed by atoms with Gasteiger partial charge in [-0.1, -0.05) is 35.7 Å². The lowest BCUT2D eigenvalue weighted by atomic mass is 10.2. The Morgan fingerprint density at radius 2 is 1.79 bits per heavy atom. The first-order valence-electron chi connectivity index (χ1n) is 9.57. The summed E-state index contributed by atoms with van der Waals surface area (Å²) in [7, 11) is 0. The predicted molar refractivity (Wildman–Crippen MR) is 114 cm³/mol. The van der Waals surface area contributed by atoms with E-state index in [4.69, 9.17) is 9.47 Å². The molecule has 0 aliphatic carbocycles. The van der Waals surface area contributed by atoms with E-state index in [-0.39, 0.29) is 5.69 Å². The molecule has 0 radical (unpaired) electrons. The second-order valence-electron chi connectivity index (χ2n) is 6.42. The molecule has 1 N–H and O–H groups in total. The summed E-state index contributed by atoms with van der Waals surface area (Å²) in [6, 6.07) is 10.3. The van der Waals surface area contributed by atoms with Gasteiger partial charge in [0.2, 0.25) is 0 Å². The largest absolute Gasteiger partial charge is 0.490 e. The summed E-state index contributed by atoms with van der Waals surface area (Å²) in [5, 5.41) is 14.2. The third kappa shape index (κ3) is 6.80. The second kappa shape index (κ2) is 11.7. The molecule has 0 aliphatic heterocycles. The molecule has 0 spiro atoms. The Morgan fingerprint density at radius 3 is 2.43 bits per heavy atom. The number of benzene rings is 2. The van der Waals surface area contributed by atoms with Gasteiger partial charge in [-0.25, -0.2) is 0 Å². The molecule has 0 fully saturated rings. The molecule has 6 nitrogen and oxygen atoms in total. The monoisotopic (exact) mass is 450 g/mol. The van der Waals surface area contributed by atoms with Gasteiger partial charge in [0.1, 0.15) is 6.61 Å². The first kappa shape index (κ1) is 22.2. The van der Waals surface area contributed by atoms with Gasteiger partial charge in [-0.3, -0.25) is 10.1 Å². The summed E-state index contributed by atoms with van der Waals surface area (Å²) in [4.78, 5) is 10.3. The molecule has 0 saturated carbocycles. The van der Waals surface area contributed by atoms with Crippen molar-refractivity contribution < 1.29 is 14.4 Å². The molecular formula is C21H27BrN2O4. The van der Waals surface area contributed by atoms with E-state index in [9.17, 15) is 10.1 Å². The molecule has 0 saturated heterocycles. The van der Waals surface area contributed by atoms with E-state index in [0.29, 0.717) is 24.7 Å². The van der Waals surface area contributed by atoms with Gasteiger partial charge in [0.25, 0.3) is 5.69 Å². The lowest BCUT2D eigenvalue weighted by Crippen LogP contribution is -2.15. The van der Waals surface area contributed by atoms with Gasteiger partial charge in [0, 0.05) is 23.2 Å². The van der Waals surface area contributed by atoms with Crippen LogP contribution < -0.4 is 14.8 Å². The summed E-state index contributed by atoms with van der Waals surface area (Å²) in [6.07, 6.45) is 3.61. The Kier molecular flexibility index (Phi) is 9.23. The summed E-state index contributed by atoms with van der Waals surface area (Å²) >= 11 is 3.62. The minimum absolute atomic E-state index is 0.0669. The number of non-ortho nitro benzene ring substituents is 1. The van der Waals surface area contributed by atoms with Crippen molar-refractivity contribution in [1.82, 2.24) is 5.32 Å². The summed E-state index contributed by atoms with van der Waals surface area (Å²) in [5.74, 6) is 1.33. The predicted octanol–water partition coefficient (Wildman–Crippen LogP) is 5.61. The topological polar surface area (TPSA) is 73.6 Å². The first-order valence-corrected chi connectivity index (χ1v) is 10.4. The zero-order valence-corrected chi connectivity index (χ0v) is 18.0. The van der Waals surface area contributed by atoms with Gasteiger partial charge in [0.05, 0.1) is 11.5 Å². The molecule has 152 valence electrons. The molecule has 0 aliphatic rings. The molecule has 0 unspecified atom stereocenters. The lowest BCUT2D eigenvalue weighted by Gasteiger charge is -2.15. The molecular weight excluding hydrogens is 424 g/mol. The maximum atomic E-state index is 10.8. The summed E-state index contributed by atoms with van der Waals surface area (Å²) < 4.78 is 12.6. The number of hydrogen-bond acceptors (Lipinski definition) is 5. The van der Waals surface area contributed by atoms with E-state index in [1.807, 2.05) is 19.1 Å². The maximum absolute atomic E-state index is 10.8. The number of halogens is 1. The minimum atomic E-state index is -0.413. The number of hydrogen-bond donors (Lipinski definition) is 1. The van der Waals surface area contributed by atoms with E-state index in [0.717, 1.165) is 28.7 Å². The molecule has 0 atom stereocenters. The smallest absolute Gasteiger partial charge is 0.269 e. The third-order valence-corrected chi connectivity index (χ3v) is 4.96. The molecule has 2 rings (SSSR count). The van der Waals surface area contributed by atoms with Gasteiger partial charge in [0.15, 0.2) is 11.5 Å². The van der Waals surface area contributed by atoms with Crippen molar-refractivity contribution in [3.63, 3.8) is 0 Å². The number of ether oxygens (including phenoxy) is 2. The normalized spacial score (nSPS) is 10.7. The van der Waals surface area contributed by atoms with Crippen LogP contribution in [0.4, 0.5) is 5.69 Å². The Balaban J connectivity index is 2.03. The fraction of sp³-hybridized carbons (Fsp3) is 0.429. The van der Waals surface area contributed by atoms with Crippen LogP contribution in [0.25, 0.3) is 0 Å². The minimum Gasteiger partial charge on any atom is -0.490 e. The molecule has 2 aromatic carbocycles. The van der Waals surface area contributed by atoms with Crippen LogP contribution in [0.2, 0.25) is 0 Å². The van der Waals surface area contributed by atoms with Gasteiger partial charge in [-0.15, -0.1) is 0 Å². The SMILES string of the molecule is CCCCCNCc1cc(OCC)c(OCc2ccc([N+](=O)[O-])cc2)cc1Br. The number of nitro groups is 1. The highest BCUT2D eigenvalue weighted by Gasteiger charge is 2.12. The van der Waals surface area contributed by atoms with Gasteiger partial charge >= 0.3 is 0 Å². The standard InChI is InChI=1S/C21H27BrN2O4/c1-3-5-6-11-23-14-17-12-20(27-4-2)21(13-19(17)22)28-15-16-7-9-18(10-8-16)24(25)26/h7-10,12-13,23H,3-6,11,14-15H2,1-2H3. The molecule has 0 heterocycles. The Labute approximate surface area is 174 Å². The average Bonchev–Trinajstić information content (AvgIpc) is 2.69. The number of nitrogens with one attached hydrogen (secondary N) is 1. The van der Waals surface area contributed by atoms with E-state index in [1.54, 1.807) is 12.1 Å². The molecule has 28 heavy (non-hydrogen) atoms. The van der Waals surface area contributed by atoms with Crippen molar-refractivity contribution in [3.8, 4) is 11.5 Å². The average molecular weight is 451 g/mol. The van der Waals surface area contributed by atoms with Crippen LogP contribution in [0.3, 0.4) is 0 Å². The van der Waals surface area contributed by atoms with Crippen molar-refractivity contribution in [2.45, 2.75) is 46.3 Å². The summed E-state index contributed by atoms with van der Waals surface area (Å²) in [6.45, 7) is 6.72. The van der Waals surface area contributed by atoms with Crippen molar-refractivity contribution in [2.75, 3.05) is 13.2 Å². The highest BCUT2D eigenvalue weighted by Crippen LogP contribution is 2.34. The van der Waals surface area contributed by atoms with Crippen molar-refractivity contribution in [3.05, 3.63) is 62.1 Å². The van der Waals surface area contributed by atoms with Crippen LogP contribution in [-0.2, 0) is 13.2 Å². The zero-order chi connectivity index (χ0) is 20.4. The maximum Gasteiger partial charge on any atom is 0.269 e. The van der Waals surface area contributed by atoms with Crippen LogP contribution >= 0.6 is 15.9 Å². The highest BCUT2D eigenvalue weighted by atomic mass is 79.9. The lowest BCUT2D eigenvalue weighted by molar-refractivity contribution is -0.384. The molecule has 0 aromatic heterocycles. The van der Waals surface area contributed by atoms with Crippen molar-refractivity contribution >= 4 is 21.6 Å². The van der Waals surface area contributed by atoms with Crippen LogP contribution in [0.5, 0.6) is 11.5 Å². The van der Waals surface area contributed by atoms with Crippen LogP contribution in [0.1, 0.15) is 44.2 Å². The fourth-order valence-corrected chi connectivity index (χ4v) is 3.15. The highest BCUT2D eigenvalue weighted by molar-refractivity contribution is 9.10. The van der Waals surface area contributed by atoms with E-state index in [2.05, 4.69) is 28.2 Å². The third-order valence-electron chi connectivity index (χ3n) is 4.23. The Morgan fingerprint density at radius 1 is 1.07 bits per heavy atom. The van der Waals surface area contributed by atoms with Gasteiger partial charge < -0.3 is 14.8 Å². The van der Waals surface area contributed by atoms with Crippen LogP contribution in [0, 0.1) is 10.1 Å². The van der Waals surface area contributed by atoms with Gasteiger partial charge in [-0.2, -0.15) is 0 Å². The number of nitro benzene ring substituents is 1. The zero-order valence-electron chi connectivity index (χ0n) is 16.4. The molecule has 7 heteroatoms. The fourth-order valence-electron chi connectivity index (χ4n) is 2.69. The summed E-state index contributed by atoms with van der Waals surface area (Å²) in [5.41, 5.74) is 2.03. The second-order valence-corrected chi connectivity index (χ2v) is 7.27.